The highest BCUT2D eigenvalue weighted by molar-refractivity contribution is 6.04. The minimum atomic E-state index is -1.32. The van der Waals surface area contributed by atoms with Gasteiger partial charge in [-0.1, -0.05) is 18.2 Å². The average Bonchev–Trinajstić information content (AvgIpc) is 2.96. The zero-order valence-electron chi connectivity index (χ0n) is 11.5. The molecule has 112 valence electrons. The van der Waals surface area contributed by atoms with Gasteiger partial charge in [0.1, 0.15) is 11.5 Å². The summed E-state index contributed by atoms with van der Waals surface area (Å²) in [6.45, 7) is 0. The summed E-state index contributed by atoms with van der Waals surface area (Å²) in [6.07, 6.45) is 1.91. The molecule has 22 heavy (non-hydrogen) atoms. The topological polar surface area (TPSA) is 104 Å². The Morgan fingerprint density at radius 2 is 2.00 bits per heavy atom. The first-order valence-corrected chi connectivity index (χ1v) is 6.75. The monoisotopic (exact) mass is 298 g/mol. The van der Waals surface area contributed by atoms with Crippen molar-refractivity contribution >= 4 is 17.6 Å². The third-order valence-electron chi connectivity index (χ3n) is 3.58. The van der Waals surface area contributed by atoms with Crippen molar-refractivity contribution in [3.63, 3.8) is 0 Å². The molecule has 0 saturated heterocycles. The molecule has 0 saturated carbocycles. The number of hydrogen-bond donors (Lipinski definition) is 1. The van der Waals surface area contributed by atoms with Gasteiger partial charge < -0.3 is 15.2 Å². The van der Waals surface area contributed by atoms with E-state index in [9.17, 15) is 19.5 Å². The van der Waals surface area contributed by atoms with Gasteiger partial charge in [0.25, 0.3) is 11.5 Å². The Hall–Kier alpha value is -2.96. The number of nitrogens with one attached hydrogen (secondary N) is 1. The molecular weight excluding hydrogens is 286 g/mol. The van der Waals surface area contributed by atoms with Crippen molar-refractivity contribution in [2.45, 2.75) is 18.9 Å². The fraction of sp³-hybridized carbons (Fsp3) is 0.200. The van der Waals surface area contributed by atoms with Gasteiger partial charge >= 0.3 is 0 Å². The van der Waals surface area contributed by atoms with Crippen LogP contribution in [-0.4, -0.2) is 21.4 Å². The Bertz CT molecular complexity index is 798. The number of anilines is 1. The smallest absolute Gasteiger partial charge is 0.277 e. The molecule has 1 unspecified atom stereocenters. The first-order chi connectivity index (χ1) is 10.6. The molecule has 0 bridgehead atoms. The number of carbonyl (C=O) groups excluding carboxylic acids is 2. The Labute approximate surface area is 125 Å². The third kappa shape index (κ3) is 2.37. The first kappa shape index (κ1) is 14.0. The maximum atomic E-state index is 12.4. The fourth-order valence-electron chi connectivity index (χ4n) is 2.50. The van der Waals surface area contributed by atoms with E-state index in [2.05, 4.69) is 10.3 Å². The van der Waals surface area contributed by atoms with Crippen LogP contribution in [0.2, 0.25) is 0 Å². The lowest BCUT2D eigenvalue weighted by molar-refractivity contribution is -0.310. The number of aliphatic carboxylic acids is 1. The van der Waals surface area contributed by atoms with E-state index >= 15 is 0 Å². The SMILES string of the molecule is O=C(Nc1cnc2n(c1=O)C(C(=O)[O-])CC2)c1ccccc1. The molecule has 0 radical (unpaired) electrons. The van der Waals surface area contributed by atoms with Gasteiger partial charge in [-0.25, -0.2) is 4.98 Å². The normalized spacial score (nSPS) is 16.1. The average molecular weight is 298 g/mol. The number of fused-ring (bicyclic) bond motifs is 1. The predicted octanol–water partition coefficient (Wildman–Crippen LogP) is -0.267. The number of benzene rings is 1. The second-order valence-electron chi connectivity index (χ2n) is 4.96. The number of hydrogen-bond acceptors (Lipinski definition) is 5. The van der Waals surface area contributed by atoms with Crippen LogP contribution < -0.4 is 16.0 Å². The van der Waals surface area contributed by atoms with E-state index in [-0.39, 0.29) is 12.1 Å². The quantitative estimate of drug-likeness (QED) is 0.840. The molecule has 7 nitrogen and oxygen atoms in total. The minimum absolute atomic E-state index is 0.0502. The predicted molar refractivity (Wildman–Crippen MR) is 75.3 cm³/mol. The van der Waals surface area contributed by atoms with E-state index in [0.29, 0.717) is 17.8 Å². The van der Waals surface area contributed by atoms with Crippen molar-refractivity contribution in [2.75, 3.05) is 5.32 Å². The molecule has 1 aliphatic rings. The molecule has 1 atom stereocenters. The lowest BCUT2D eigenvalue weighted by Gasteiger charge is -2.15. The minimum Gasteiger partial charge on any atom is -0.548 e. The Kier molecular flexibility index (Phi) is 3.46. The lowest BCUT2D eigenvalue weighted by atomic mass is 10.2. The number of carbonyl (C=O) groups is 2. The third-order valence-corrected chi connectivity index (χ3v) is 3.58. The number of carboxylic acid groups (broad SMARTS) is 1. The van der Waals surface area contributed by atoms with Crippen molar-refractivity contribution < 1.29 is 14.7 Å². The standard InChI is InChI=1S/C15H13N3O4/c19-13(9-4-2-1-3-5-9)17-10-8-16-12-7-6-11(15(21)22)18(12)14(10)20/h1-5,8,11H,6-7H2,(H,17,19)(H,21,22)/p-1. The van der Waals surface area contributed by atoms with Gasteiger partial charge in [-0.05, 0) is 18.6 Å². The van der Waals surface area contributed by atoms with Crippen molar-refractivity contribution in [3.05, 3.63) is 58.3 Å². The van der Waals surface area contributed by atoms with E-state index in [4.69, 9.17) is 0 Å². The second kappa shape index (κ2) is 5.44. The summed E-state index contributed by atoms with van der Waals surface area (Å²) in [5.41, 5.74) is -0.240. The maximum absolute atomic E-state index is 12.4. The summed E-state index contributed by atoms with van der Waals surface area (Å²) in [5, 5.41) is 13.6. The molecule has 0 aliphatic carbocycles. The van der Waals surface area contributed by atoms with E-state index in [1.807, 2.05) is 0 Å². The molecule has 2 aromatic rings. The number of aryl methyl sites for hydroxylation is 1. The van der Waals surface area contributed by atoms with E-state index in [1.165, 1.54) is 6.20 Å². The Balaban J connectivity index is 1.94. The first-order valence-electron chi connectivity index (χ1n) is 6.75. The molecule has 2 heterocycles. The van der Waals surface area contributed by atoms with E-state index in [1.54, 1.807) is 30.3 Å². The summed E-state index contributed by atoms with van der Waals surface area (Å²) in [6, 6.07) is 7.36. The van der Waals surface area contributed by atoms with E-state index in [0.717, 1.165) is 4.57 Å². The van der Waals surface area contributed by atoms with Crippen molar-refractivity contribution in [1.82, 2.24) is 9.55 Å². The van der Waals surface area contributed by atoms with Crippen LogP contribution in [0.25, 0.3) is 0 Å². The van der Waals surface area contributed by atoms with Gasteiger partial charge in [0, 0.05) is 12.0 Å². The summed E-state index contributed by atoms with van der Waals surface area (Å²) in [4.78, 5) is 39.6. The van der Waals surface area contributed by atoms with Gasteiger partial charge in [-0.3, -0.25) is 14.2 Å². The summed E-state index contributed by atoms with van der Waals surface area (Å²) in [7, 11) is 0. The van der Waals surface area contributed by atoms with Crippen LogP contribution in [0.15, 0.2) is 41.3 Å². The molecule has 0 spiro atoms. The van der Waals surface area contributed by atoms with Crippen LogP contribution >= 0.6 is 0 Å². The maximum Gasteiger partial charge on any atom is 0.277 e. The molecule has 1 aliphatic heterocycles. The number of aromatic nitrogens is 2. The van der Waals surface area contributed by atoms with Crippen LogP contribution in [0.4, 0.5) is 5.69 Å². The summed E-state index contributed by atoms with van der Waals surface area (Å²) < 4.78 is 1.08. The van der Waals surface area contributed by atoms with Crippen molar-refractivity contribution in [3.8, 4) is 0 Å². The Morgan fingerprint density at radius 3 is 2.68 bits per heavy atom. The molecular formula is C15H12N3O4-. The van der Waals surface area contributed by atoms with Gasteiger partial charge in [-0.15, -0.1) is 0 Å². The van der Waals surface area contributed by atoms with Gasteiger partial charge in [-0.2, -0.15) is 0 Å². The molecule has 1 aromatic heterocycles. The van der Waals surface area contributed by atoms with Crippen LogP contribution in [0.3, 0.4) is 0 Å². The highest BCUT2D eigenvalue weighted by Crippen LogP contribution is 2.22. The van der Waals surface area contributed by atoms with Crippen LogP contribution in [-0.2, 0) is 11.2 Å². The number of amides is 1. The number of nitrogens with zero attached hydrogens (tertiary/aromatic N) is 2. The second-order valence-corrected chi connectivity index (χ2v) is 4.96. The van der Waals surface area contributed by atoms with Gasteiger partial charge in [0.15, 0.2) is 0 Å². The van der Waals surface area contributed by atoms with Crippen molar-refractivity contribution in [2.24, 2.45) is 0 Å². The zero-order chi connectivity index (χ0) is 15.7. The molecule has 1 aromatic carbocycles. The van der Waals surface area contributed by atoms with Crippen LogP contribution in [0.1, 0.15) is 28.6 Å². The molecule has 3 rings (SSSR count). The van der Waals surface area contributed by atoms with E-state index < -0.39 is 23.5 Å². The molecule has 7 heteroatoms. The molecule has 1 N–H and O–H groups in total. The van der Waals surface area contributed by atoms with Gasteiger partial charge in [0.05, 0.1) is 18.2 Å². The Morgan fingerprint density at radius 1 is 1.27 bits per heavy atom. The summed E-state index contributed by atoms with van der Waals surface area (Å²) in [5.74, 6) is -1.39. The zero-order valence-corrected chi connectivity index (χ0v) is 11.5. The van der Waals surface area contributed by atoms with Gasteiger partial charge in [0.2, 0.25) is 0 Å². The molecule has 0 fully saturated rings. The summed E-state index contributed by atoms with van der Waals surface area (Å²) >= 11 is 0. The van der Waals surface area contributed by atoms with Crippen LogP contribution in [0.5, 0.6) is 0 Å². The van der Waals surface area contributed by atoms with Crippen molar-refractivity contribution in [1.29, 1.82) is 0 Å². The molecule has 1 amide bonds. The van der Waals surface area contributed by atoms with Crippen LogP contribution in [0, 0.1) is 0 Å². The lowest BCUT2D eigenvalue weighted by Crippen LogP contribution is -2.37. The highest BCUT2D eigenvalue weighted by Gasteiger charge is 2.26. The largest absolute Gasteiger partial charge is 0.548 e. The highest BCUT2D eigenvalue weighted by atomic mass is 16.4. The number of rotatable bonds is 3. The fourth-order valence-corrected chi connectivity index (χ4v) is 2.50. The number of carboxylic acids is 1.